The van der Waals surface area contributed by atoms with Crippen LogP contribution in [0.1, 0.15) is 11.3 Å². The van der Waals surface area contributed by atoms with Crippen LogP contribution in [0.5, 0.6) is 0 Å². The van der Waals surface area contributed by atoms with Gasteiger partial charge in [-0.15, -0.1) is 11.3 Å². The molecule has 1 N–H and O–H groups in total. The molecule has 0 aliphatic heterocycles. The molecule has 16 heavy (non-hydrogen) atoms. The lowest BCUT2D eigenvalue weighted by Crippen LogP contribution is -2.14. The highest BCUT2D eigenvalue weighted by atomic mass is 79.9. The van der Waals surface area contributed by atoms with E-state index in [1.165, 1.54) is 0 Å². The minimum atomic E-state index is -2.44. The maximum atomic E-state index is 11.7. The van der Waals surface area contributed by atoms with Gasteiger partial charge < -0.3 is 9.84 Å². The molecule has 1 aromatic rings. The predicted octanol–water partition coefficient (Wildman–Crippen LogP) is 3.09. The quantitative estimate of drug-likeness (QED) is 0.784. The summed E-state index contributed by atoms with van der Waals surface area (Å²) in [6.07, 6.45) is -2.06. The fraction of sp³-hybridized carbons (Fsp3) is 0.600. The normalized spacial score (nSPS) is 13.3. The fourth-order valence-electron chi connectivity index (χ4n) is 1.19. The Hall–Kier alpha value is -0.0400. The number of hydrogen-bond acceptors (Lipinski definition) is 3. The molecular formula is C10H13BrF2O2S. The highest BCUT2D eigenvalue weighted by Crippen LogP contribution is 2.21. The van der Waals surface area contributed by atoms with Gasteiger partial charge in [-0.1, -0.05) is 0 Å². The molecule has 92 valence electrons. The molecule has 0 saturated heterocycles. The summed E-state index contributed by atoms with van der Waals surface area (Å²) in [5.74, 6) is 0. The number of aliphatic hydroxyl groups is 1. The van der Waals surface area contributed by atoms with Crippen LogP contribution >= 0.6 is 27.3 Å². The molecule has 2 nitrogen and oxygen atoms in total. The average molecular weight is 315 g/mol. The van der Waals surface area contributed by atoms with Gasteiger partial charge in [0.1, 0.15) is 6.61 Å². The molecule has 0 fully saturated rings. The van der Waals surface area contributed by atoms with Crippen LogP contribution in [-0.4, -0.2) is 30.8 Å². The van der Waals surface area contributed by atoms with Crippen LogP contribution in [0, 0.1) is 0 Å². The lowest BCUT2D eigenvalue weighted by atomic mass is 10.2. The largest absolute Gasteiger partial charge is 0.393 e. The zero-order valence-corrected chi connectivity index (χ0v) is 10.9. The van der Waals surface area contributed by atoms with Crippen molar-refractivity contribution in [3.8, 4) is 0 Å². The van der Waals surface area contributed by atoms with Crippen LogP contribution in [0.2, 0.25) is 0 Å². The first-order valence-corrected chi connectivity index (χ1v) is 6.52. The molecule has 0 amide bonds. The Bertz CT molecular complexity index is 307. The van der Waals surface area contributed by atoms with Crippen LogP contribution in [0.15, 0.2) is 15.9 Å². The van der Waals surface area contributed by atoms with Crippen LogP contribution in [0.4, 0.5) is 8.78 Å². The average Bonchev–Trinajstić information content (AvgIpc) is 2.58. The van der Waals surface area contributed by atoms with Crippen molar-refractivity contribution in [2.45, 2.75) is 25.4 Å². The van der Waals surface area contributed by atoms with Crippen molar-refractivity contribution in [2.75, 3.05) is 13.2 Å². The van der Waals surface area contributed by atoms with E-state index < -0.39 is 19.1 Å². The van der Waals surface area contributed by atoms with Gasteiger partial charge in [-0.05, 0) is 28.4 Å². The van der Waals surface area contributed by atoms with Gasteiger partial charge in [0.05, 0.1) is 6.10 Å². The maximum Gasteiger partial charge on any atom is 0.261 e. The predicted molar refractivity (Wildman–Crippen MR) is 63.2 cm³/mol. The van der Waals surface area contributed by atoms with Crippen LogP contribution in [0.25, 0.3) is 0 Å². The Labute approximate surface area is 105 Å². The number of thiophene rings is 1. The minimum Gasteiger partial charge on any atom is -0.393 e. The van der Waals surface area contributed by atoms with Crippen molar-refractivity contribution in [3.05, 3.63) is 20.8 Å². The summed E-state index contributed by atoms with van der Waals surface area (Å²) in [6.45, 7) is -0.394. The van der Waals surface area contributed by atoms with E-state index in [4.69, 9.17) is 4.74 Å². The maximum absolute atomic E-state index is 11.7. The van der Waals surface area contributed by atoms with Crippen molar-refractivity contribution < 1.29 is 18.6 Å². The molecule has 1 aromatic heterocycles. The second-order valence-electron chi connectivity index (χ2n) is 3.34. The number of hydrogen-bond donors (Lipinski definition) is 1. The molecule has 1 rings (SSSR count). The summed E-state index contributed by atoms with van der Waals surface area (Å²) >= 11 is 4.88. The topological polar surface area (TPSA) is 29.5 Å². The van der Waals surface area contributed by atoms with Crippen molar-refractivity contribution in [1.82, 2.24) is 0 Å². The zero-order valence-electron chi connectivity index (χ0n) is 8.54. The first-order chi connectivity index (χ1) is 7.58. The van der Waals surface area contributed by atoms with E-state index in [-0.39, 0.29) is 6.61 Å². The third-order valence-corrected chi connectivity index (χ3v) is 3.62. The first-order valence-electron chi connectivity index (χ1n) is 4.85. The molecule has 6 heteroatoms. The Balaban J connectivity index is 2.13. The van der Waals surface area contributed by atoms with E-state index >= 15 is 0 Å². The standard InChI is InChI=1S/C10H13BrF2O2S/c11-7-3-9(16-6-7)4-8(14)1-2-15-5-10(12)13/h3,6,8,10,14H,1-2,4-5H2. The Kier molecular flexibility index (Phi) is 6.41. The third kappa shape index (κ3) is 5.89. The monoisotopic (exact) mass is 314 g/mol. The van der Waals surface area contributed by atoms with Crippen LogP contribution in [0.3, 0.4) is 0 Å². The molecule has 0 aliphatic carbocycles. The second-order valence-corrected chi connectivity index (χ2v) is 5.26. The van der Waals surface area contributed by atoms with Gasteiger partial charge in [-0.25, -0.2) is 8.78 Å². The SMILES string of the molecule is OC(CCOCC(F)F)Cc1cc(Br)cs1. The number of aliphatic hydroxyl groups excluding tert-OH is 1. The van der Waals surface area contributed by atoms with Crippen LogP contribution in [-0.2, 0) is 11.2 Å². The van der Waals surface area contributed by atoms with E-state index in [0.717, 1.165) is 9.35 Å². The summed E-state index contributed by atoms with van der Waals surface area (Å²) in [7, 11) is 0. The van der Waals surface area contributed by atoms with Gasteiger partial charge in [0.2, 0.25) is 0 Å². The van der Waals surface area contributed by atoms with E-state index in [2.05, 4.69) is 15.9 Å². The molecule has 0 aliphatic rings. The Morgan fingerprint density at radius 2 is 2.25 bits per heavy atom. The van der Waals surface area contributed by atoms with Gasteiger partial charge in [0, 0.05) is 27.8 Å². The lowest BCUT2D eigenvalue weighted by molar-refractivity contribution is 0.00519. The number of halogens is 3. The van der Waals surface area contributed by atoms with Gasteiger partial charge in [0.15, 0.2) is 0 Å². The number of alkyl halides is 2. The molecule has 1 atom stereocenters. The molecule has 0 spiro atoms. The summed E-state index contributed by atoms with van der Waals surface area (Å²) in [4.78, 5) is 1.06. The summed E-state index contributed by atoms with van der Waals surface area (Å²) in [6, 6.07) is 1.94. The number of rotatable bonds is 7. The molecule has 1 unspecified atom stereocenters. The third-order valence-electron chi connectivity index (χ3n) is 1.90. The molecule has 0 bridgehead atoms. The van der Waals surface area contributed by atoms with Gasteiger partial charge >= 0.3 is 0 Å². The zero-order chi connectivity index (χ0) is 12.0. The summed E-state index contributed by atoms with van der Waals surface area (Å²) in [5, 5.41) is 11.5. The minimum absolute atomic E-state index is 0.165. The molecule has 0 saturated carbocycles. The van der Waals surface area contributed by atoms with E-state index in [9.17, 15) is 13.9 Å². The Morgan fingerprint density at radius 1 is 1.50 bits per heavy atom. The lowest BCUT2D eigenvalue weighted by Gasteiger charge is -2.09. The molecule has 0 radical (unpaired) electrons. The van der Waals surface area contributed by atoms with E-state index in [0.29, 0.717) is 12.8 Å². The first kappa shape index (κ1) is 14.0. The van der Waals surface area contributed by atoms with E-state index in [1.54, 1.807) is 11.3 Å². The van der Waals surface area contributed by atoms with Crippen LogP contribution < -0.4 is 0 Å². The van der Waals surface area contributed by atoms with Gasteiger partial charge in [-0.2, -0.15) is 0 Å². The van der Waals surface area contributed by atoms with Crippen molar-refractivity contribution in [2.24, 2.45) is 0 Å². The summed E-state index contributed by atoms with van der Waals surface area (Å²) < 4.78 is 29.1. The molecular weight excluding hydrogens is 302 g/mol. The smallest absolute Gasteiger partial charge is 0.261 e. The Morgan fingerprint density at radius 3 is 2.81 bits per heavy atom. The molecule has 1 heterocycles. The highest BCUT2D eigenvalue weighted by molar-refractivity contribution is 9.10. The van der Waals surface area contributed by atoms with Gasteiger partial charge in [-0.3, -0.25) is 0 Å². The van der Waals surface area contributed by atoms with Crippen molar-refractivity contribution in [3.63, 3.8) is 0 Å². The number of ether oxygens (including phenoxy) is 1. The van der Waals surface area contributed by atoms with E-state index in [1.807, 2.05) is 11.4 Å². The fourth-order valence-corrected chi connectivity index (χ4v) is 2.71. The van der Waals surface area contributed by atoms with Crippen molar-refractivity contribution in [1.29, 1.82) is 0 Å². The van der Waals surface area contributed by atoms with Crippen molar-refractivity contribution >= 4 is 27.3 Å². The molecule has 0 aromatic carbocycles. The highest BCUT2D eigenvalue weighted by Gasteiger charge is 2.08. The summed E-state index contributed by atoms with van der Waals surface area (Å²) in [5.41, 5.74) is 0. The van der Waals surface area contributed by atoms with Gasteiger partial charge in [0.25, 0.3) is 6.43 Å². The second kappa shape index (κ2) is 7.32.